The molecule has 0 aliphatic carbocycles. The van der Waals surface area contributed by atoms with Crippen molar-refractivity contribution in [2.45, 2.75) is 51.6 Å². The van der Waals surface area contributed by atoms with E-state index in [9.17, 15) is 0 Å². The van der Waals surface area contributed by atoms with Gasteiger partial charge in [0, 0.05) is 18.6 Å². The van der Waals surface area contributed by atoms with Gasteiger partial charge in [0.2, 0.25) is 0 Å². The first-order valence-corrected chi connectivity index (χ1v) is 6.28. The van der Waals surface area contributed by atoms with Gasteiger partial charge in [0.25, 0.3) is 0 Å². The molecule has 2 rings (SSSR count). The first-order valence-electron chi connectivity index (χ1n) is 6.28. The highest BCUT2D eigenvalue weighted by Gasteiger charge is 2.31. The Bertz CT molecular complexity index is 181. The van der Waals surface area contributed by atoms with Crippen molar-refractivity contribution in [3.05, 3.63) is 0 Å². The molecular weight excluding hydrogens is 172 g/mol. The van der Waals surface area contributed by atoms with Crippen LogP contribution in [0.3, 0.4) is 0 Å². The van der Waals surface area contributed by atoms with Crippen LogP contribution < -0.4 is 5.32 Å². The molecule has 0 radical (unpaired) electrons. The third kappa shape index (κ3) is 2.29. The SMILES string of the molecule is CCC(C)NC1CCN2CCCC1C2. The quantitative estimate of drug-likeness (QED) is 0.741. The van der Waals surface area contributed by atoms with E-state index < -0.39 is 0 Å². The molecule has 2 nitrogen and oxygen atoms in total. The van der Waals surface area contributed by atoms with Crippen LogP contribution in [0.15, 0.2) is 0 Å². The van der Waals surface area contributed by atoms with Gasteiger partial charge in [-0.2, -0.15) is 0 Å². The standard InChI is InChI=1S/C12H24N2/c1-3-10(2)13-12-6-8-14-7-4-5-11(12)9-14/h10-13H,3-9H2,1-2H3. The molecule has 2 heterocycles. The van der Waals surface area contributed by atoms with Crippen molar-refractivity contribution in [3.63, 3.8) is 0 Å². The van der Waals surface area contributed by atoms with Crippen LogP contribution in [0.4, 0.5) is 0 Å². The smallest absolute Gasteiger partial charge is 0.0122 e. The van der Waals surface area contributed by atoms with Crippen LogP contribution in [0, 0.1) is 5.92 Å². The zero-order chi connectivity index (χ0) is 9.97. The predicted molar refractivity (Wildman–Crippen MR) is 60.5 cm³/mol. The van der Waals surface area contributed by atoms with Gasteiger partial charge < -0.3 is 10.2 Å². The molecule has 2 heteroatoms. The molecular formula is C12H24N2. The lowest BCUT2D eigenvalue weighted by Crippen LogP contribution is -2.53. The minimum absolute atomic E-state index is 0.702. The second-order valence-electron chi connectivity index (χ2n) is 5.07. The van der Waals surface area contributed by atoms with E-state index >= 15 is 0 Å². The number of hydrogen-bond acceptors (Lipinski definition) is 2. The minimum Gasteiger partial charge on any atom is -0.311 e. The van der Waals surface area contributed by atoms with Gasteiger partial charge >= 0.3 is 0 Å². The van der Waals surface area contributed by atoms with Crippen molar-refractivity contribution in [3.8, 4) is 0 Å². The monoisotopic (exact) mass is 196 g/mol. The molecule has 0 spiro atoms. The van der Waals surface area contributed by atoms with E-state index in [0.717, 1.165) is 12.0 Å². The van der Waals surface area contributed by atoms with E-state index in [2.05, 4.69) is 24.1 Å². The van der Waals surface area contributed by atoms with Crippen molar-refractivity contribution in [2.24, 2.45) is 5.92 Å². The summed E-state index contributed by atoms with van der Waals surface area (Å²) in [5.41, 5.74) is 0. The first kappa shape index (κ1) is 10.4. The van der Waals surface area contributed by atoms with E-state index in [1.807, 2.05) is 0 Å². The molecule has 0 aromatic carbocycles. The fourth-order valence-corrected chi connectivity index (χ4v) is 2.88. The summed E-state index contributed by atoms with van der Waals surface area (Å²) in [5, 5.41) is 3.80. The van der Waals surface area contributed by atoms with Gasteiger partial charge in [0.1, 0.15) is 0 Å². The number of piperidine rings is 2. The fraction of sp³-hybridized carbons (Fsp3) is 1.00. The van der Waals surface area contributed by atoms with Gasteiger partial charge in [-0.1, -0.05) is 6.92 Å². The Hall–Kier alpha value is -0.0800. The van der Waals surface area contributed by atoms with Crippen molar-refractivity contribution in [1.82, 2.24) is 10.2 Å². The highest BCUT2D eigenvalue weighted by molar-refractivity contribution is 4.89. The molecule has 0 saturated carbocycles. The third-order valence-electron chi connectivity index (χ3n) is 3.98. The third-order valence-corrected chi connectivity index (χ3v) is 3.98. The van der Waals surface area contributed by atoms with Crippen LogP contribution in [-0.2, 0) is 0 Å². The van der Waals surface area contributed by atoms with Crippen LogP contribution >= 0.6 is 0 Å². The highest BCUT2D eigenvalue weighted by atomic mass is 15.2. The topological polar surface area (TPSA) is 15.3 Å². The van der Waals surface area contributed by atoms with Gasteiger partial charge in [-0.15, -0.1) is 0 Å². The molecule has 1 N–H and O–H groups in total. The average molecular weight is 196 g/mol. The summed E-state index contributed by atoms with van der Waals surface area (Å²) in [7, 11) is 0. The first-order chi connectivity index (χ1) is 6.79. The maximum absolute atomic E-state index is 3.80. The van der Waals surface area contributed by atoms with Crippen LogP contribution in [0.1, 0.15) is 39.5 Å². The summed E-state index contributed by atoms with van der Waals surface area (Å²) in [6.07, 6.45) is 5.50. The van der Waals surface area contributed by atoms with Crippen LogP contribution in [0.25, 0.3) is 0 Å². The molecule has 4 atom stereocenters. The summed E-state index contributed by atoms with van der Waals surface area (Å²) in [4.78, 5) is 2.64. The molecule has 2 saturated heterocycles. The second-order valence-corrected chi connectivity index (χ2v) is 5.07. The average Bonchev–Trinajstić information content (AvgIpc) is 2.23. The molecule has 2 fully saturated rings. The maximum Gasteiger partial charge on any atom is 0.0122 e. The van der Waals surface area contributed by atoms with Crippen LogP contribution in [-0.4, -0.2) is 36.6 Å². The summed E-state index contributed by atoms with van der Waals surface area (Å²) in [5.74, 6) is 0.937. The summed E-state index contributed by atoms with van der Waals surface area (Å²) in [6, 6.07) is 1.51. The van der Waals surface area contributed by atoms with Gasteiger partial charge in [-0.05, 0) is 51.6 Å². The molecule has 2 aliphatic heterocycles. The summed E-state index contributed by atoms with van der Waals surface area (Å²) in [6.45, 7) is 8.62. The Balaban J connectivity index is 1.86. The van der Waals surface area contributed by atoms with Gasteiger partial charge in [-0.3, -0.25) is 0 Å². The Morgan fingerprint density at radius 3 is 3.00 bits per heavy atom. The Morgan fingerprint density at radius 1 is 1.36 bits per heavy atom. The molecule has 14 heavy (non-hydrogen) atoms. The van der Waals surface area contributed by atoms with Crippen molar-refractivity contribution < 1.29 is 0 Å². The molecule has 4 unspecified atom stereocenters. The van der Waals surface area contributed by atoms with Gasteiger partial charge in [0.05, 0.1) is 0 Å². The maximum atomic E-state index is 3.80. The highest BCUT2D eigenvalue weighted by Crippen LogP contribution is 2.26. The Morgan fingerprint density at radius 2 is 2.21 bits per heavy atom. The molecule has 0 amide bonds. The molecule has 82 valence electrons. The predicted octanol–water partition coefficient (Wildman–Crippen LogP) is 1.86. The van der Waals surface area contributed by atoms with Crippen molar-refractivity contribution in [1.29, 1.82) is 0 Å². The second kappa shape index (κ2) is 4.63. The normalized spacial score (nSPS) is 39.4. The lowest BCUT2D eigenvalue weighted by molar-refractivity contribution is 0.0876. The van der Waals surface area contributed by atoms with Crippen LogP contribution in [0.2, 0.25) is 0 Å². The number of nitrogens with one attached hydrogen (secondary N) is 1. The van der Waals surface area contributed by atoms with E-state index in [1.165, 1.54) is 45.3 Å². The molecule has 2 aliphatic rings. The van der Waals surface area contributed by atoms with Crippen molar-refractivity contribution in [2.75, 3.05) is 19.6 Å². The van der Waals surface area contributed by atoms with Crippen LogP contribution in [0.5, 0.6) is 0 Å². The van der Waals surface area contributed by atoms with E-state index in [-0.39, 0.29) is 0 Å². The largest absolute Gasteiger partial charge is 0.311 e. The fourth-order valence-electron chi connectivity index (χ4n) is 2.88. The molecule has 0 aromatic rings. The summed E-state index contributed by atoms with van der Waals surface area (Å²) < 4.78 is 0. The minimum atomic E-state index is 0.702. The zero-order valence-electron chi connectivity index (χ0n) is 9.63. The lowest BCUT2D eigenvalue weighted by atomic mass is 9.84. The van der Waals surface area contributed by atoms with E-state index in [0.29, 0.717) is 6.04 Å². The zero-order valence-corrected chi connectivity index (χ0v) is 9.63. The number of rotatable bonds is 3. The van der Waals surface area contributed by atoms with Crippen molar-refractivity contribution >= 4 is 0 Å². The number of fused-ring (bicyclic) bond motifs is 2. The number of nitrogens with zero attached hydrogens (tertiary/aromatic N) is 1. The Labute approximate surface area is 88.1 Å². The number of hydrogen-bond donors (Lipinski definition) is 1. The van der Waals surface area contributed by atoms with Gasteiger partial charge in [0.15, 0.2) is 0 Å². The molecule has 2 bridgehead atoms. The summed E-state index contributed by atoms with van der Waals surface area (Å²) >= 11 is 0. The lowest BCUT2D eigenvalue weighted by Gasteiger charge is -2.43. The Kier molecular flexibility index (Phi) is 3.45. The van der Waals surface area contributed by atoms with Gasteiger partial charge in [-0.25, -0.2) is 0 Å². The van der Waals surface area contributed by atoms with E-state index in [1.54, 1.807) is 0 Å². The molecule has 0 aromatic heterocycles. The van der Waals surface area contributed by atoms with E-state index in [4.69, 9.17) is 0 Å².